The fourth-order valence-electron chi connectivity index (χ4n) is 2.48. The van der Waals surface area contributed by atoms with Crippen LogP contribution < -0.4 is 4.46 Å². The Kier molecular flexibility index (Phi) is 6.14. The normalized spacial score (nSPS) is 12.0. The summed E-state index contributed by atoms with van der Waals surface area (Å²) in [7, 11) is -3.63. The van der Waals surface area contributed by atoms with E-state index >= 15 is 0 Å². The maximum atomic E-state index is 12.9. The Labute approximate surface area is 170 Å². The van der Waals surface area contributed by atoms with E-state index in [-0.39, 0.29) is 25.4 Å². The van der Waals surface area contributed by atoms with Gasteiger partial charge in [0.15, 0.2) is 0 Å². The van der Waals surface area contributed by atoms with Gasteiger partial charge in [0.05, 0.1) is 0 Å². The molecule has 0 aliphatic heterocycles. The number of aromatic carboxylic acids is 1. The van der Waals surface area contributed by atoms with Gasteiger partial charge in [-0.15, -0.1) is 0 Å². The summed E-state index contributed by atoms with van der Waals surface area (Å²) < 4.78 is 27.6. The summed E-state index contributed by atoms with van der Waals surface area (Å²) in [6, 6.07) is 22.7. The van der Waals surface area contributed by atoms with Crippen LogP contribution >= 0.6 is 0 Å². The molecule has 0 radical (unpaired) electrons. The van der Waals surface area contributed by atoms with Gasteiger partial charge in [-0.1, -0.05) is 0 Å². The van der Waals surface area contributed by atoms with Crippen LogP contribution in [-0.4, -0.2) is 34.5 Å². The predicted octanol–water partition coefficient (Wildman–Crippen LogP) is 3.50. The van der Waals surface area contributed by atoms with Gasteiger partial charge in [-0.25, -0.2) is 0 Å². The van der Waals surface area contributed by atoms with E-state index in [1.807, 2.05) is 37.3 Å². The summed E-state index contributed by atoms with van der Waals surface area (Å²) in [5.41, 5.74) is 1.85. The summed E-state index contributed by atoms with van der Waals surface area (Å²) in [5.74, 6) is -1.02. The van der Waals surface area contributed by atoms with Crippen molar-refractivity contribution < 1.29 is 18.3 Å². The third kappa shape index (κ3) is 4.98. The quantitative estimate of drug-likeness (QED) is 0.576. The molecular formula is C22H18O4SSe. The molecule has 0 fully saturated rings. The molecule has 3 aromatic rings. The van der Waals surface area contributed by atoms with E-state index in [2.05, 4.69) is 0 Å². The molecule has 6 heteroatoms. The van der Waals surface area contributed by atoms with Crippen molar-refractivity contribution in [2.75, 3.05) is 0 Å². The predicted molar refractivity (Wildman–Crippen MR) is 112 cm³/mol. The molecule has 0 atom stereocenters. The van der Waals surface area contributed by atoms with Gasteiger partial charge >= 0.3 is 171 Å². The molecule has 0 saturated carbocycles. The average molecular weight is 457 g/mol. The van der Waals surface area contributed by atoms with Crippen molar-refractivity contribution in [1.82, 2.24) is 0 Å². The van der Waals surface area contributed by atoms with Crippen molar-refractivity contribution in [3.8, 4) is 0 Å². The summed E-state index contributed by atoms with van der Waals surface area (Å²) >= 11 is -0.260. The van der Waals surface area contributed by atoms with Crippen LogP contribution in [0, 0.1) is 6.92 Å². The van der Waals surface area contributed by atoms with Gasteiger partial charge in [0.1, 0.15) is 0 Å². The maximum absolute atomic E-state index is 12.9. The Bertz CT molecular complexity index is 1100. The standard InChI is InChI=1S/C22H18O4SSe/c1-16-7-13-19(14-8-16)27(25,26)15-21(28-20-5-3-2-4-6-20)17-9-11-18(12-10-17)22(23)24/h2-15H,1H3,(H,23,24)/b21-15+. The molecule has 0 saturated heterocycles. The molecule has 4 nitrogen and oxygen atoms in total. The third-order valence-electron chi connectivity index (χ3n) is 4.00. The number of hydrogen-bond acceptors (Lipinski definition) is 3. The van der Waals surface area contributed by atoms with Crippen LogP contribution in [0.5, 0.6) is 0 Å². The zero-order valence-electron chi connectivity index (χ0n) is 15.1. The summed E-state index contributed by atoms with van der Waals surface area (Å²) in [4.78, 5) is 11.3. The Morgan fingerprint density at radius 3 is 2.00 bits per heavy atom. The van der Waals surface area contributed by atoms with Crippen LogP contribution in [0.2, 0.25) is 0 Å². The van der Waals surface area contributed by atoms with Crippen LogP contribution in [0.25, 0.3) is 4.47 Å². The number of benzene rings is 3. The number of carbonyl (C=O) groups is 1. The fourth-order valence-corrected chi connectivity index (χ4v) is 6.38. The summed E-state index contributed by atoms with van der Waals surface area (Å²) in [5, 5.41) is 10.4. The van der Waals surface area contributed by atoms with Crippen LogP contribution in [-0.2, 0) is 9.84 Å². The molecule has 0 aliphatic carbocycles. The summed E-state index contributed by atoms with van der Waals surface area (Å²) in [6.45, 7) is 1.90. The first-order chi connectivity index (χ1) is 13.3. The van der Waals surface area contributed by atoms with E-state index in [1.54, 1.807) is 36.4 Å². The number of rotatable bonds is 6. The van der Waals surface area contributed by atoms with Gasteiger partial charge in [0.25, 0.3) is 0 Å². The van der Waals surface area contributed by atoms with Gasteiger partial charge < -0.3 is 0 Å². The number of aryl methyl sites for hydroxylation is 1. The van der Waals surface area contributed by atoms with E-state index in [4.69, 9.17) is 5.11 Å². The molecule has 142 valence electrons. The topological polar surface area (TPSA) is 71.4 Å². The SMILES string of the molecule is Cc1ccc(S(=O)(=O)/C=C(/[Se]c2ccccc2)c2ccc(C(=O)O)cc2)cc1. The van der Waals surface area contributed by atoms with Crippen LogP contribution in [0.3, 0.4) is 0 Å². The van der Waals surface area contributed by atoms with Crippen molar-refractivity contribution >= 4 is 39.7 Å². The minimum absolute atomic E-state index is 0.164. The minimum atomic E-state index is -3.63. The molecule has 1 N–H and O–H groups in total. The first-order valence-corrected chi connectivity index (χ1v) is 11.7. The van der Waals surface area contributed by atoms with Crippen LogP contribution in [0.15, 0.2) is 89.2 Å². The van der Waals surface area contributed by atoms with Crippen LogP contribution in [0.1, 0.15) is 21.5 Å². The molecule has 0 heterocycles. The Balaban J connectivity index is 2.05. The molecule has 0 spiro atoms. The zero-order chi connectivity index (χ0) is 20.1. The van der Waals surface area contributed by atoms with Gasteiger partial charge in [-0.05, 0) is 0 Å². The van der Waals surface area contributed by atoms with Gasteiger partial charge in [0.2, 0.25) is 0 Å². The molecule has 3 aromatic carbocycles. The Hall–Kier alpha value is -2.66. The van der Waals surface area contributed by atoms with Crippen molar-refractivity contribution in [1.29, 1.82) is 0 Å². The van der Waals surface area contributed by atoms with Gasteiger partial charge in [0, 0.05) is 0 Å². The van der Waals surface area contributed by atoms with Crippen molar-refractivity contribution in [3.05, 3.63) is 101 Å². The molecule has 0 unspecified atom stereocenters. The number of carboxylic acid groups (broad SMARTS) is 1. The average Bonchev–Trinajstić information content (AvgIpc) is 2.68. The Morgan fingerprint density at radius 1 is 0.857 bits per heavy atom. The third-order valence-corrected chi connectivity index (χ3v) is 8.08. The fraction of sp³-hybridized carbons (Fsp3) is 0.0455. The molecule has 0 aromatic heterocycles. The zero-order valence-corrected chi connectivity index (χ0v) is 17.6. The van der Waals surface area contributed by atoms with E-state index in [0.717, 1.165) is 10.0 Å². The molecule has 3 rings (SSSR count). The van der Waals surface area contributed by atoms with E-state index in [0.29, 0.717) is 10.0 Å². The second-order valence-electron chi connectivity index (χ2n) is 6.14. The monoisotopic (exact) mass is 458 g/mol. The molecule has 0 bridgehead atoms. The van der Waals surface area contributed by atoms with E-state index < -0.39 is 15.8 Å². The first-order valence-electron chi connectivity index (χ1n) is 8.45. The molecular weight excluding hydrogens is 439 g/mol. The second kappa shape index (κ2) is 8.57. The number of sulfone groups is 1. The van der Waals surface area contributed by atoms with Gasteiger partial charge in [-0.3, -0.25) is 0 Å². The van der Waals surface area contributed by atoms with Crippen LogP contribution in [0.4, 0.5) is 0 Å². The van der Waals surface area contributed by atoms with E-state index in [1.165, 1.54) is 17.5 Å². The van der Waals surface area contributed by atoms with Crippen molar-refractivity contribution in [2.24, 2.45) is 0 Å². The second-order valence-corrected chi connectivity index (χ2v) is 10.3. The van der Waals surface area contributed by atoms with Gasteiger partial charge in [-0.2, -0.15) is 0 Å². The number of hydrogen-bond donors (Lipinski definition) is 1. The summed E-state index contributed by atoms with van der Waals surface area (Å²) in [6.07, 6.45) is 0. The number of carboxylic acids is 1. The van der Waals surface area contributed by atoms with Crippen molar-refractivity contribution in [3.63, 3.8) is 0 Å². The molecule has 28 heavy (non-hydrogen) atoms. The first kappa shape index (κ1) is 20.1. The van der Waals surface area contributed by atoms with Crippen molar-refractivity contribution in [2.45, 2.75) is 11.8 Å². The van der Waals surface area contributed by atoms with E-state index in [9.17, 15) is 13.2 Å². The molecule has 0 aliphatic rings. The Morgan fingerprint density at radius 2 is 1.43 bits per heavy atom. The molecule has 0 amide bonds.